The number of hydrogen-bond donors (Lipinski definition) is 1. The molecule has 1 aliphatic rings. The fraction of sp³-hybridized carbons (Fsp3) is 0.650. The highest BCUT2D eigenvalue weighted by Gasteiger charge is 2.29. The predicted octanol–water partition coefficient (Wildman–Crippen LogP) is 3.02. The van der Waals surface area contributed by atoms with Crippen LogP contribution < -0.4 is 4.74 Å². The van der Waals surface area contributed by atoms with E-state index >= 15 is 0 Å². The van der Waals surface area contributed by atoms with E-state index in [1.807, 2.05) is 58.2 Å². The van der Waals surface area contributed by atoms with Gasteiger partial charge in [0, 0.05) is 48.5 Å². The molecule has 2 unspecified atom stereocenters. The lowest BCUT2D eigenvalue weighted by atomic mass is 10.3. The molecule has 0 aromatic carbocycles. The van der Waals surface area contributed by atoms with Crippen LogP contribution in [0, 0.1) is 6.92 Å². The van der Waals surface area contributed by atoms with Gasteiger partial charge >= 0.3 is 0 Å². The maximum absolute atomic E-state index is 13.1. The lowest BCUT2D eigenvalue weighted by Gasteiger charge is -2.22. The van der Waals surface area contributed by atoms with Gasteiger partial charge in [-0.1, -0.05) is 13.8 Å². The predicted molar refractivity (Wildman–Crippen MR) is 110 cm³/mol. The van der Waals surface area contributed by atoms with Crippen LogP contribution in [0.15, 0.2) is 23.4 Å². The standard InChI is InChI=1S/C18H27N3O3S.C2H6/c1-13-10-19-17-9-15(24-14-5-6-20(11-14)7-8-22)16(12-21(13)17)25(23)18(2,3)4;1-2/h9-10,12,14,22H,5-8,11H2,1-4H3;1-2H3. The van der Waals surface area contributed by atoms with Crippen LogP contribution in [0.5, 0.6) is 5.75 Å². The van der Waals surface area contributed by atoms with Crippen LogP contribution in [0.3, 0.4) is 0 Å². The second-order valence-electron chi connectivity index (χ2n) is 7.56. The Morgan fingerprint density at radius 1 is 1.37 bits per heavy atom. The van der Waals surface area contributed by atoms with Gasteiger partial charge in [0.2, 0.25) is 0 Å². The number of ether oxygens (including phenoxy) is 1. The molecule has 6 nitrogen and oxygen atoms in total. The van der Waals surface area contributed by atoms with Gasteiger partial charge in [0.15, 0.2) is 0 Å². The third kappa shape index (κ3) is 5.09. The van der Waals surface area contributed by atoms with Crippen molar-refractivity contribution < 1.29 is 14.1 Å². The number of hydrogen-bond acceptors (Lipinski definition) is 5. The largest absolute Gasteiger partial charge is 0.488 e. The quantitative estimate of drug-likeness (QED) is 0.843. The monoisotopic (exact) mass is 395 g/mol. The maximum atomic E-state index is 13.1. The third-order valence-corrected chi connectivity index (χ3v) is 6.27. The zero-order chi connectivity index (χ0) is 20.2. The summed E-state index contributed by atoms with van der Waals surface area (Å²) < 4.78 is 20.9. The molecule has 7 heteroatoms. The van der Waals surface area contributed by atoms with Gasteiger partial charge in [0.1, 0.15) is 17.5 Å². The average Bonchev–Trinajstić information content (AvgIpc) is 3.22. The van der Waals surface area contributed by atoms with Crippen molar-refractivity contribution in [2.45, 2.75) is 63.7 Å². The lowest BCUT2D eigenvalue weighted by molar-refractivity contribution is 0.178. The molecular weight excluding hydrogens is 362 g/mol. The van der Waals surface area contributed by atoms with E-state index in [2.05, 4.69) is 9.88 Å². The second kappa shape index (κ2) is 9.17. The van der Waals surface area contributed by atoms with Crippen molar-refractivity contribution in [3.63, 3.8) is 0 Å². The number of aliphatic hydroxyl groups is 1. The van der Waals surface area contributed by atoms with Crippen LogP contribution in [0.2, 0.25) is 0 Å². The second-order valence-corrected chi connectivity index (χ2v) is 9.77. The number of nitrogens with zero attached hydrogens (tertiary/aromatic N) is 3. The van der Waals surface area contributed by atoms with E-state index in [4.69, 9.17) is 9.84 Å². The van der Waals surface area contributed by atoms with Crippen molar-refractivity contribution in [1.29, 1.82) is 0 Å². The number of imidazole rings is 1. The molecule has 0 spiro atoms. The Kier molecular flexibility index (Phi) is 7.42. The minimum atomic E-state index is -1.20. The van der Waals surface area contributed by atoms with Crippen LogP contribution >= 0.6 is 0 Å². The van der Waals surface area contributed by atoms with E-state index in [-0.39, 0.29) is 17.5 Å². The number of aliphatic hydroxyl groups excluding tert-OH is 1. The van der Waals surface area contributed by atoms with Gasteiger partial charge in [-0.05, 0) is 34.1 Å². The van der Waals surface area contributed by atoms with Crippen LogP contribution in [-0.2, 0) is 10.8 Å². The van der Waals surface area contributed by atoms with Crippen molar-refractivity contribution in [2.75, 3.05) is 26.2 Å². The zero-order valence-corrected chi connectivity index (χ0v) is 18.2. The Morgan fingerprint density at radius 3 is 2.70 bits per heavy atom. The maximum Gasteiger partial charge on any atom is 0.141 e. The topological polar surface area (TPSA) is 67.1 Å². The van der Waals surface area contributed by atoms with Gasteiger partial charge in [0.05, 0.1) is 22.3 Å². The SMILES string of the molecule is CC.Cc1cnc2cc(OC3CCN(CCO)C3)c(S(=O)C(C)(C)C)cn12. The molecule has 1 N–H and O–H groups in total. The van der Waals surface area contributed by atoms with Crippen molar-refractivity contribution >= 4 is 16.4 Å². The first kappa shape index (κ1) is 21.9. The van der Waals surface area contributed by atoms with Crippen LogP contribution in [0.1, 0.15) is 46.7 Å². The van der Waals surface area contributed by atoms with E-state index in [1.165, 1.54) is 0 Å². The zero-order valence-electron chi connectivity index (χ0n) is 17.4. The molecule has 1 aliphatic heterocycles. The summed E-state index contributed by atoms with van der Waals surface area (Å²) >= 11 is 0. The molecule has 3 rings (SSSR count). The van der Waals surface area contributed by atoms with Gasteiger partial charge in [0.25, 0.3) is 0 Å². The van der Waals surface area contributed by atoms with Crippen LogP contribution in [0.25, 0.3) is 5.65 Å². The van der Waals surface area contributed by atoms with E-state index in [1.54, 1.807) is 6.20 Å². The van der Waals surface area contributed by atoms with Gasteiger partial charge in [-0.2, -0.15) is 0 Å². The molecule has 1 fully saturated rings. The number of rotatable bonds is 5. The van der Waals surface area contributed by atoms with Gasteiger partial charge in [-0.3, -0.25) is 9.11 Å². The highest BCUT2D eigenvalue weighted by molar-refractivity contribution is 7.86. The molecule has 2 atom stereocenters. The molecule has 0 amide bonds. The normalized spacial score (nSPS) is 19.0. The van der Waals surface area contributed by atoms with Gasteiger partial charge < -0.3 is 14.2 Å². The summed E-state index contributed by atoms with van der Waals surface area (Å²) in [6.07, 6.45) is 4.65. The van der Waals surface area contributed by atoms with Crippen molar-refractivity contribution in [2.24, 2.45) is 0 Å². The summed E-state index contributed by atoms with van der Waals surface area (Å²) in [7, 11) is -1.20. The third-order valence-electron chi connectivity index (χ3n) is 4.45. The van der Waals surface area contributed by atoms with Crippen molar-refractivity contribution in [3.8, 4) is 5.75 Å². The first-order chi connectivity index (χ1) is 12.8. The van der Waals surface area contributed by atoms with Crippen LogP contribution in [-0.4, -0.2) is 60.7 Å². The Hall–Kier alpha value is -1.44. The van der Waals surface area contributed by atoms with Gasteiger partial charge in [-0.25, -0.2) is 4.98 Å². The molecule has 0 bridgehead atoms. The minimum Gasteiger partial charge on any atom is -0.488 e. The fourth-order valence-corrected chi connectivity index (χ4v) is 4.24. The highest BCUT2D eigenvalue weighted by atomic mass is 32.2. The summed E-state index contributed by atoms with van der Waals surface area (Å²) in [5.41, 5.74) is 1.80. The van der Waals surface area contributed by atoms with Crippen molar-refractivity contribution in [1.82, 2.24) is 14.3 Å². The molecule has 27 heavy (non-hydrogen) atoms. The van der Waals surface area contributed by atoms with E-state index in [0.717, 1.165) is 30.9 Å². The molecule has 0 radical (unpaired) electrons. The van der Waals surface area contributed by atoms with Crippen LogP contribution in [0.4, 0.5) is 0 Å². The fourth-order valence-electron chi connectivity index (χ4n) is 3.09. The summed E-state index contributed by atoms with van der Waals surface area (Å²) in [5.74, 6) is 0.655. The van der Waals surface area contributed by atoms with Gasteiger partial charge in [-0.15, -0.1) is 0 Å². The molecule has 3 heterocycles. The average molecular weight is 396 g/mol. The highest BCUT2D eigenvalue weighted by Crippen LogP contribution is 2.32. The number of likely N-dealkylation sites (tertiary alicyclic amines) is 1. The molecule has 2 aromatic heterocycles. The Labute approximate surface area is 165 Å². The number of β-amino-alcohol motifs (C(OH)–C–C–N with tert-alkyl or cyclic N) is 1. The Bertz CT molecular complexity index is 783. The lowest BCUT2D eigenvalue weighted by Crippen LogP contribution is -2.28. The molecular formula is C20H33N3O3S. The number of fused-ring (bicyclic) bond motifs is 1. The molecule has 152 valence electrons. The summed E-state index contributed by atoms with van der Waals surface area (Å²) in [4.78, 5) is 7.29. The molecule has 0 saturated carbocycles. The minimum absolute atomic E-state index is 0.0424. The van der Waals surface area contributed by atoms with E-state index < -0.39 is 10.8 Å². The number of aryl methyl sites for hydroxylation is 1. The number of pyridine rings is 1. The molecule has 2 aromatic rings. The number of aromatic nitrogens is 2. The Morgan fingerprint density at radius 2 is 2.07 bits per heavy atom. The molecule has 0 aliphatic carbocycles. The van der Waals surface area contributed by atoms with Crippen molar-refractivity contribution in [3.05, 3.63) is 24.2 Å². The van der Waals surface area contributed by atoms with E-state index in [9.17, 15) is 4.21 Å². The smallest absolute Gasteiger partial charge is 0.141 e. The first-order valence-corrected chi connectivity index (χ1v) is 10.8. The Balaban J connectivity index is 0.00000126. The summed E-state index contributed by atoms with van der Waals surface area (Å²) in [6.45, 7) is 14.4. The van der Waals surface area contributed by atoms with E-state index in [0.29, 0.717) is 17.2 Å². The summed E-state index contributed by atoms with van der Waals surface area (Å²) in [5, 5.41) is 9.10. The molecule has 1 saturated heterocycles. The first-order valence-electron chi connectivity index (χ1n) is 9.69. The summed E-state index contributed by atoms with van der Waals surface area (Å²) in [6, 6.07) is 1.89.